The molecule has 1 saturated heterocycles. The van der Waals surface area contributed by atoms with Crippen molar-refractivity contribution in [2.75, 3.05) is 25.0 Å². The Hall–Kier alpha value is -1.88. The van der Waals surface area contributed by atoms with Crippen molar-refractivity contribution >= 4 is 17.5 Å². The summed E-state index contributed by atoms with van der Waals surface area (Å²) >= 11 is 0. The highest BCUT2D eigenvalue weighted by Crippen LogP contribution is 2.22. The second kappa shape index (κ2) is 8.83. The minimum absolute atomic E-state index is 0.0517. The Balaban J connectivity index is 2.04. The number of hydrogen-bond acceptors (Lipinski definition) is 3. The van der Waals surface area contributed by atoms with Gasteiger partial charge in [0, 0.05) is 25.8 Å². The molecule has 5 heteroatoms. The van der Waals surface area contributed by atoms with Gasteiger partial charge in [-0.1, -0.05) is 32.0 Å². The molecule has 1 aromatic carbocycles. The van der Waals surface area contributed by atoms with Gasteiger partial charge in [0.05, 0.1) is 12.6 Å². The normalized spacial score (nSPS) is 16.9. The smallest absolute Gasteiger partial charge is 0.244 e. The molecule has 1 fully saturated rings. The Kier molecular flexibility index (Phi) is 6.79. The summed E-state index contributed by atoms with van der Waals surface area (Å²) in [5, 5.41) is 3.02. The molecule has 1 unspecified atom stereocenters. The van der Waals surface area contributed by atoms with E-state index in [1.807, 2.05) is 18.2 Å². The number of aryl methyl sites for hydroxylation is 2. The van der Waals surface area contributed by atoms with Gasteiger partial charge >= 0.3 is 0 Å². The topological polar surface area (TPSA) is 58.6 Å². The van der Waals surface area contributed by atoms with Crippen molar-refractivity contribution in [1.29, 1.82) is 0 Å². The molecule has 0 aliphatic carbocycles. The molecule has 24 heavy (non-hydrogen) atoms. The molecular formula is C19H28N2O3. The van der Waals surface area contributed by atoms with Gasteiger partial charge in [-0.3, -0.25) is 9.59 Å². The fourth-order valence-electron chi connectivity index (χ4n) is 3.09. The lowest BCUT2D eigenvalue weighted by Crippen LogP contribution is -2.41. The second-order valence-electron chi connectivity index (χ2n) is 6.24. The SMILES string of the molecule is CCc1cccc(CC)c1NC(=O)CN(CC1CCCO1)C(C)=O. The molecule has 1 atom stereocenters. The number of ether oxygens (including phenoxy) is 1. The molecule has 1 aliphatic rings. The Morgan fingerprint density at radius 2 is 1.92 bits per heavy atom. The van der Waals surface area contributed by atoms with Crippen molar-refractivity contribution in [1.82, 2.24) is 4.90 Å². The molecule has 5 nitrogen and oxygen atoms in total. The van der Waals surface area contributed by atoms with Crippen LogP contribution in [0, 0.1) is 0 Å². The van der Waals surface area contributed by atoms with Gasteiger partial charge in [-0.2, -0.15) is 0 Å². The van der Waals surface area contributed by atoms with E-state index < -0.39 is 0 Å². The van der Waals surface area contributed by atoms with Crippen LogP contribution in [0.25, 0.3) is 0 Å². The number of nitrogens with one attached hydrogen (secondary N) is 1. The molecule has 0 spiro atoms. The molecule has 0 bridgehead atoms. The number of carbonyl (C=O) groups excluding carboxylic acids is 2. The number of nitrogens with zero attached hydrogens (tertiary/aromatic N) is 1. The van der Waals surface area contributed by atoms with Crippen LogP contribution in [0.2, 0.25) is 0 Å². The van der Waals surface area contributed by atoms with E-state index in [0.717, 1.165) is 49.1 Å². The van der Waals surface area contributed by atoms with E-state index in [-0.39, 0.29) is 24.5 Å². The fraction of sp³-hybridized carbons (Fsp3) is 0.579. The third-order valence-corrected chi connectivity index (χ3v) is 4.49. The van der Waals surface area contributed by atoms with Gasteiger partial charge in [-0.05, 0) is 36.8 Å². The Labute approximate surface area is 144 Å². The summed E-state index contributed by atoms with van der Waals surface area (Å²) in [6, 6.07) is 6.08. The van der Waals surface area contributed by atoms with Gasteiger partial charge in [0.2, 0.25) is 11.8 Å². The van der Waals surface area contributed by atoms with E-state index in [2.05, 4.69) is 19.2 Å². The van der Waals surface area contributed by atoms with E-state index in [4.69, 9.17) is 4.74 Å². The number of hydrogen-bond donors (Lipinski definition) is 1. The van der Waals surface area contributed by atoms with E-state index in [1.54, 1.807) is 4.90 Å². The van der Waals surface area contributed by atoms with Crippen molar-refractivity contribution in [3.8, 4) is 0 Å². The number of amides is 2. The molecule has 2 amide bonds. The fourth-order valence-corrected chi connectivity index (χ4v) is 3.09. The highest BCUT2D eigenvalue weighted by Gasteiger charge is 2.23. The molecule has 1 aliphatic heterocycles. The van der Waals surface area contributed by atoms with Crippen LogP contribution >= 0.6 is 0 Å². The lowest BCUT2D eigenvalue weighted by Gasteiger charge is -2.24. The summed E-state index contributed by atoms with van der Waals surface area (Å²) in [6.45, 7) is 6.94. The van der Waals surface area contributed by atoms with Crippen LogP contribution in [-0.4, -0.2) is 42.5 Å². The van der Waals surface area contributed by atoms with E-state index >= 15 is 0 Å². The summed E-state index contributed by atoms with van der Waals surface area (Å²) in [5.41, 5.74) is 3.14. The lowest BCUT2D eigenvalue weighted by atomic mass is 10.0. The predicted octanol–water partition coefficient (Wildman–Crippen LogP) is 2.78. The van der Waals surface area contributed by atoms with Gasteiger partial charge < -0.3 is 15.0 Å². The molecule has 2 rings (SSSR count). The monoisotopic (exact) mass is 332 g/mol. The van der Waals surface area contributed by atoms with E-state index in [0.29, 0.717) is 6.54 Å². The summed E-state index contributed by atoms with van der Waals surface area (Å²) in [5.74, 6) is -0.251. The maximum atomic E-state index is 12.5. The summed E-state index contributed by atoms with van der Waals surface area (Å²) in [6.07, 6.45) is 3.73. The van der Waals surface area contributed by atoms with Gasteiger partial charge in [0.1, 0.15) is 0 Å². The van der Waals surface area contributed by atoms with Gasteiger partial charge in [-0.25, -0.2) is 0 Å². The van der Waals surface area contributed by atoms with Gasteiger partial charge in [0.15, 0.2) is 0 Å². The average Bonchev–Trinajstić information content (AvgIpc) is 3.07. The molecule has 132 valence electrons. The number of benzene rings is 1. The number of rotatable bonds is 7. The van der Waals surface area contributed by atoms with Crippen molar-refractivity contribution in [3.05, 3.63) is 29.3 Å². The maximum Gasteiger partial charge on any atom is 0.244 e. The minimum atomic E-state index is -0.154. The first-order valence-corrected chi connectivity index (χ1v) is 8.82. The number of carbonyl (C=O) groups is 2. The van der Waals surface area contributed by atoms with Crippen LogP contribution in [0.1, 0.15) is 44.7 Å². The van der Waals surface area contributed by atoms with Crippen molar-refractivity contribution in [2.24, 2.45) is 0 Å². The molecular weight excluding hydrogens is 304 g/mol. The van der Waals surface area contributed by atoms with Crippen LogP contribution in [0.3, 0.4) is 0 Å². The van der Waals surface area contributed by atoms with Crippen molar-refractivity contribution in [3.63, 3.8) is 0 Å². The summed E-state index contributed by atoms with van der Waals surface area (Å²) in [7, 11) is 0. The van der Waals surface area contributed by atoms with Crippen molar-refractivity contribution in [2.45, 2.75) is 52.6 Å². The summed E-state index contributed by atoms with van der Waals surface area (Å²) in [4.78, 5) is 25.9. The molecule has 1 heterocycles. The first-order chi connectivity index (χ1) is 11.5. The molecule has 1 aromatic rings. The quantitative estimate of drug-likeness (QED) is 0.835. The zero-order valence-electron chi connectivity index (χ0n) is 14.9. The largest absolute Gasteiger partial charge is 0.376 e. The average molecular weight is 332 g/mol. The maximum absolute atomic E-state index is 12.5. The van der Waals surface area contributed by atoms with Crippen LogP contribution in [0.5, 0.6) is 0 Å². The number of anilines is 1. The van der Waals surface area contributed by atoms with Crippen molar-refractivity contribution < 1.29 is 14.3 Å². The van der Waals surface area contributed by atoms with Crippen LogP contribution in [0.15, 0.2) is 18.2 Å². The lowest BCUT2D eigenvalue weighted by molar-refractivity contribution is -0.134. The van der Waals surface area contributed by atoms with Crippen LogP contribution < -0.4 is 5.32 Å². The van der Waals surface area contributed by atoms with E-state index in [9.17, 15) is 9.59 Å². The third kappa shape index (κ3) is 4.81. The standard InChI is InChI=1S/C19H28N2O3/c1-4-15-8-6-9-16(5-2)19(15)20-18(23)13-21(14(3)22)12-17-10-7-11-24-17/h6,8-9,17H,4-5,7,10-13H2,1-3H3,(H,20,23). The molecule has 0 aromatic heterocycles. The first-order valence-electron chi connectivity index (χ1n) is 8.82. The molecule has 0 saturated carbocycles. The van der Waals surface area contributed by atoms with Gasteiger partial charge in [0.25, 0.3) is 0 Å². The number of para-hydroxylation sites is 1. The third-order valence-electron chi connectivity index (χ3n) is 4.49. The van der Waals surface area contributed by atoms with Gasteiger partial charge in [-0.15, -0.1) is 0 Å². The first kappa shape index (κ1) is 18.5. The van der Waals surface area contributed by atoms with Crippen LogP contribution in [0.4, 0.5) is 5.69 Å². The Morgan fingerprint density at radius 3 is 2.42 bits per heavy atom. The predicted molar refractivity (Wildman–Crippen MR) is 95.1 cm³/mol. The zero-order valence-corrected chi connectivity index (χ0v) is 14.9. The second-order valence-corrected chi connectivity index (χ2v) is 6.24. The summed E-state index contributed by atoms with van der Waals surface area (Å²) < 4.78 is 5.58. The minimum Gasteiger partial charge on any atom is -0.376 e. The Bertz CT molecular complexity index is 558. The van der Waals surface area contributed by atoms with E-state index in [1.165, 1.54) is 6.92 Å². The highest BCUT2D eigenvalue weighted by atomic mass is 16.5. The Morgan fingerprint density at radius 1 is 1.25 bits per heavy atom. The zero-order chi connectivity index (χ0) is 17.5. The molecule has 1 N–H and O–H groups in total. The molecule has 0 radical (unpaired) electrons. The van der Waals surface area contributed by atoms with Crippen LogP contribution in [-0.2, 0) is 27.2 Å². The highest BCUT2D eigenvalue weighted by molar-refractivity contribution is 5.95.